The number of nitrogens with zero attached hydrogens (tertiary/aromatic N) is 1. The summed E-state index contributed by atoms with van der Waals surface area (Å²) in [5, 5.41) is 6.88. The van der Waals surface area contributed by atoms with Crippen LogP contribution >= 0.6 is 0 Å². The van der Waals surface area contributed by atoms with E-state index in [0.29, 0.717) is 6.54 Å². The van der Waals surface area contributed by atoms with Gasteiger partial charge in [0.2, 0.25) is 5.91 Å². The fourth-order valence-corrected chi connectivity index (χ4v) is 3.88. The van der Waals surface area contributed by atoms with E-state index in [1.54, 1.807) is 12.1 Å². The van der Waals surface area contributed by atoms with Gasteiger partial charge in [-0.15, -0.1) is 0 Å². The summed E-state index contributed by atoms with van der Waals surface area (Å²) in [6.45, 7) is 0.689. The maximum Gasteiger partial charge on any atom is 0.286 e. The van der Waals surface area contributed by atoms with Crippen molar-refractivity contribution in [1.82, 2.24) is 15.6 Å². The van der Waals surface area contributed by atoms with Crippen LogP contribution in [-0.4, -0.2) is 44.0 Å². The first-order valence-electron chi connectivity index (χ1n) is 10.9. The second-order valence-electron chi connectivity index (χ2n) is 8.12. The van der Waals surface area contributed by atoms with Crippen LogP contribution < -0.4 is 15.5 Å². The van der Waals surface area contributed by atoms with E-state index < -0.39 is 0 Å². The number of hydrogen-bond donors (Lipinski definition) is 3. The molecule has 0 unspecified atom stereocenters. The number of benzene rings is 2. The molecule has 33 heavy (non-hydrogen) atoms. The normalized spacial score (nSPS) is 11.8. The largest absolute Gasteiger partial charge is 0.459 e. The minimum atomic E-state index is -0.328. The third kappa shape index (κ3) is 5.26. The molecular formula is C26H28N4O3. The number of aromatic nitrogens is 1. The third-order valence-corrected chi connectivity index (χ3v) is 5.69. The van der Waals surface area contributed by atoms with Crippen molar-refractivity contribution < 1.29 is 14.0 Å². The Morgan fingerprint density at radius 1 is 1.00 bits per heavy atom. The summed E-state index contributed by atoms with van der Waals surface area (Å²) in [5.41, 5.74) is 4.44. The highest BCUT2D eigenvalue weighted by atomic mass is 16.3. The summed E-state index contributed by atoms with van der Waals surface area (Å²) in [5.74, 6) is -0.232. The van der Waals surface area contributed by atoms with E-state index in [4.69, 9.17) is 4.42 Å². The Morgan fingerprint density at radius 2 is 1.79 bits per heavy atom. The number of H-pyrrole nitrogens is 1. The number of hydrogen-bond acceptors (Lipinski definition) is 4. The Bertz CT molecular complexity index is 1210. The van der Waals surface area contributed by atoms with Gasteiger partial charge in [-0.25, -0.2) is 0 Å². The molecule has 0 fully saturated rings. The third-order valence-electron chi connectivity index (χ3n) is 5.69. The molecule has 0 aliphatic heterocycles. The SMILES string of the molecule is CN(C)c1ccc([C@H](CNC(=O)CCNC(=O)c2ccco2)c2c[nH]c3ccccc23)cc1. The van der Waals surface area contributed by atoms with Gasteiger partial charge in [-0.3, -0.25) is 9.59 Å². The molecule has 0 saturated carbocycles. The molecule has 0 bridgehead atoms. The molecule has 1 atom stereocenters. The zero-order valence-electron chi connectivity index (χ0n) is 18.8. The maximum absolute atomic E-state index is 12.5. The molecule has 2 amide bonds. The molecule has 0 saturated heterocycles. The number of para-hydroxylation sites is 1. The topological polar surface area (TPSA) is 90.4 Å². The van der Waals surface area contributed by atoms with Gasteiger partial charge >= 0.3 is 0 Å². The van der Waals surface area contributed by atoms with Crippen LogP contribution in [0.2, 0.25) is 0 Å². The second-order valence-corrected chi connectivity index (χ2v) is 8.12. The number of carbonyl (C=O) groups excluding carboxylic acids is 2. The second kappa shape index (κ2) is 10.1. The van der Waals surface area contributed by atoms with Crippen molar-refractivity contribution in [2.45, 2.75) is 12.3 Å². The van der Waals surface area contributed by atoms with Gasteiger partial charge in [0.25, 0.3) is 5.91 Å². The summed E-state index contributed by atoms with van der Waals surface area (Å²) in [6.07, 6.45) is 3.65. The molecule has 0 aliphatic rings. The Balaban J connectivity index is 1.44. The van der Waals surface area contributed by atoms with Crippen LogP contribution in [0, 0.1) is 0 Å². The molecule has 2 aromatic heterocycles. The van der Waals surface area contributed by atoms with Crippen LogP contribution in [-0.2, 0) is 4.79 Å². The zero-order valence-corrected chi connectivity index (χ0v) is 18.8. The predicted octanol–water partition coefficient (Wildman–Crippen LogP) is 3.90. The fraction of sp³-hybridized carbons (Fsp3) is 0.231. The highest BCUT2D eigenvalue weighted by Gasteiger charge is 2.19. The highest BCUT2D eigenvalue weighted by molar-refractivity contribution is 5.91. The number of anilines is 1. The van der Waals surface area contributed by atoms with E-state index >= 15 is 0 Å². The van der Waals surface area contributed by atoms with Crippen molar-refractivity contribution in [3.05, 3.63) is 90.0 Å². The number of furan rings is 1. The van der Waals surface area contributed by atoms with Crippen LogP contribution in [0.5, 0.6) is 0 Å². The molecular weight excluding hydrogens is 416 g/mol. The lowest BCUT2D eigenvalue weighted by atomic mass is 9.90. The van der Waals surface area contributed by atoms with Crippen molar-refractivity contribution in [3.8, 4) is 0 Å². The van der Waals surface area contributed by atoms with Crippen LogP contribution in [0.1, 0.15) is 34.0 Å². The predicted molar refractivity (Wildman–Crippen MR) is 130 cm³/mol. The Labute approximate surface area is 192 Å². The number of amides is 2. The molecule has 7 heteroatoms. The van der Waals surface area contributed by atoms with Gasteiger partial charge in [-0.05, 0) is 41.5 Å². The zero-order chi connectivity index (χ0) is 23.2. The molecule has 2 heterocycles. The van der Waals surface area contributed by atoms with Gasteiger partial charge in [0.05, 0.1) is 6.26 Å². The van der Waals surface area contributed by atoms with Crippen molar-refractivity contribution in [3.63, 3.8) is 0 Å². The minimum Gasteiger partial charge on any atom is -0.459 e. The average Bonchev–Trinajstić information content (AvgIpc) is 3.50. The van der Waals surface area contributed by atoms with E-state index in [1.807, 2.05) is 38.5 Å². The quantitative estimate of drug-likeness (QED) is 0.365. The average molecular weight is 445 g/mol. The van der Waals surface area contributed by atoms with E-state index in [-0.39, 0.29) is 36.5 Å². The summed E-state index contributed by atoms with van der Waals surface area (Å²) >= 11 is 0. The van der Waals surface area contributed by atoms with E-state index in [2.05, 4.69) is 50.8 Å². The lowest BCUT2D eigenvalue weighted by Gasteiger charge is -2.20. The Morgan fingerprint density at radius 3 is 2.52 bits per heavy atom. The van der Waals surface area contributed by atoms with Gasteiger partial charge in [0.1, 0.15) is 0 Å². The Hall–Kier alpha value is -4.00. The van der Waals surface area contributed by atoms with Crippen LogP contribution in [0.4, 0.5) is 5.69 Å². The molecule has 0 spiro atoms. The van der Waals surface area contributed by atoms with Crippen molar-refractivity contribution >= 4 is 28.4 Å². The molecule has 0 aliphatic carbocycles. The summed E-state index contributed by atoms with van der Waals surface area (Å²) in [7, 11) is 4.02. The van der Waals surface area contributed by atoms with Gasteiger partial charge < -0.3 is 24.9 Å². The standard InChI is InChI=1S/C26H28N4O3/c1-30(2)19-11-9-18(10-12-19)21(22-17-28-23-7-4-3-6-20(22)23)16-29-25(31)13-14-27-26(32)24-8-5-15-33-24/h3-12,15,17,21,28H,13-14,16H2,1-2H3,(H,27,32)(H,29,31)/t21-/m0/s1. The molecule has 2 aromatic carbocycles. The van der Waals surface area contributed by atoms with Crippen LogP contribution in [0.15, 0.2) is 77.5 Å². The maximum atomic E-state index is 12.5. The van der Waals surface area contributed by atoms with E-state index in [9.17, 15) is 9.59 Å². The molecule has 4 aromatic rings. The molecule has 3 N–H and O–H groups in total. The highest BCUT2D eigenvalue weighted by Crippen LogP contribution is 2.31. The number of carbonyl (C=O) groups is 2. The van der Waals surface area contributed by atoms with E-state index in [0.717, 1.165) is 27.7 Å². The first-order valence-corrected chi connectivity index (χ1v) is 10.9. The van der Waals surface area contributed by atoms with Gasteiger partial charge in [0, 0.05) is 62.3 Å². The molecule has 7 nitrogen and oxygen atoms in total. The van der Waals surface area contributed by atoms with Crippen LogP contribution in [0.25, 0.3) is 10.9 Å². The van der Waals surface area contributed by atoms with E-state index in [1.165, 1.54) is 6.26 Å². The lowest BCUT2D eigenvalue weighted by molar-refractivity contribution is -0.120. The number of rotatable bonds is 9. The minimum absolute atomic E-state index is 0.0148. The monoisotopic (exact) mass is 444 g/mol. The summed E-state index contributed by atoms with van der Waals surface area (Å²) in [4.78, 5) is 29.9. The van der Waals surface area contributed by atoms with Gasteiger partial charge in [-0.1, -0.05) is 30.3 Å². The van der Waals surface area contributed by atoms with Gasteiger partial charge in [0.15, 0.2) is 5.76 Å². The van der Waals surface area contributed by atoms with Crippen molar-refractivity contribution in [2.24, 2.45) is 0 Å². The molecule has 0 radical (unpaired) electrons. The van der Waals surface area contributed by atoms with Crippen LogP contribution in [0.3, 0.4) is 0 Å². The number of aromatic amines is 1. The molecule has 4 rings (SSSR count). The summed E-state index contributed by atoms with van der Waals surface area (Å²) in [6, 6.07) is 19.8. The van der Waals surface area contributed by atoms with Crippen molar-refractivity contribution in [2.75, 3.05) is 32.1 Å². The first-order chi connectivity index (χ1) is 16.0. The Kier molecular flexibility index (Phi) is 6.78. The van der Waals surface area contributed by atoms with Crippen molar-refractivity contribution in [1.29, 1.82) is 0 Å². The first kappa shape index (κ1) is 22.2. The van der Waals surface area contributed by atoms with Gasteiger partial charge in [-0.2, -0.15) is 0 Å². The number of fused-ring (bicyclic) bond motifs is 1. The number of nitrogens with one attached hydrogen (secondary N) is 3. The molecule has 170 valence electrons. The fourth-order valence-electron chi connectivity index (χ4n) is 3.88. The summed E-state index contributed by atoms with van der Waals surface area (Å²) < 4.78 is 5.06. The smallest absolute Gasteiger partial charge is 0.286 e. The lowest BCUT2D eigenvalue weighted by Crippen LogP contribution is -2.33.